The molecule has 1 rings (SSSR count). The molecule has 1 fully saturated rings. The molecule has 1 unspecified atom stereocenters. The maximum absolute atomic E-state index is 8.50. The molecule has 1 saturated heterocycles. The van der Waals surface area contributed by atoms with Crippen molar-refractivity contribution in [2.75, 3.05) is 6.61 Å². The molecule has 0 N–H and O–H groups in total. The van der Waals surface area contributed by atoms with Crippen molar-refractivity contribution in [3.05, 3.63) is 0 Å². The second-order valence-electron chi connectivity index (χ2n) is 3.23. The monoisotopic (exact) mass is 224 g/mol. The zero-order valence-corrected chi connectivity index (χ0v) is 10.4. The van der Waals surface area contributed by atoms with Crippen LogP contribution in [0.2, 0.25) is 13.1 Å². The van der Waals surface area contributed by atoms with Crippen LogP contribution in [0.15, 0.2) is 0 Å². The first kappa shape index (κ1) is 12.5. The summed E-state index contributed by atoms with van der Waals surface area (Å²) in [5.74, 6) is 0. The van der Waals surface area contributed by atoms with E-state index in [9.17, 15) is 0 Å². The average molecular weight is 224 g/mol. The van der Waals surface area contributed by atoms with E-state index >= 15 is 0 Å². The Kier molecular flexibility index (Phi) is 8.44. The van der Waals surface area contributed by atoms with E-state index in [2.05, 4.69) is 13.1 Å². The van der Waals surface area contributed by atoms with Crippen LogP contribution in [0.3, 0.4) is 0 Å². The van der Waals surface area contributed by atoms with Gasteiger partial charge >= 0.3 is 25.7 Å². The molecule has 5 heteroatoms. The molecule has 0 spiro atoms. The molecule has 0 radical (unpaired) electrons. The molecule has 0 aromatic rings. The van der Waals surface area contributed by atoms with Gasteiger partial charge in [-0.25, -0.2) is 0 Å². The summed E-state index contributed by atoms with van der Waals surface area (Å²) in [6.45, 7) is 5.77. The zero-order valence-electron chi connectivity index (χ0n) is 7.71. The Morgan fingerprint density at radius 2 is 1.92 bits per heavy atom. The van der Waals surface area contributed by atoms with Crippen LogP contribution in [-0.4, -0.2) is 21.1 Å². The van der Waals surface area contributed by atoms with Gasteiger partial charge in [0.2, 0.25) is 0 Å². The van der Waals surface area contributed by atoms with Crippen molar-refractivity contribution in [1.29, 1.82) is 0 Å². The van der Waals surface area contributed by atoms with Crippen LogP contribution >= 0.6 is 0 Å². The first-order chi connectivity index (χ1) is 5.72. The summed E-state index contributed by atoms with van der Waals surface area (Å²) in [5, 5.41) is 0. The Morgan fingerprint density at radius 1 is 1.33 bits per heavy atom. The number of hydrogen-bond donors (Lipinski definition) is 0. The third-order valence-corrected chi connectivity index (χ3v) is 3.97. The third kappa shape index (κ3) is 6.06. The molecule has 1 heterocycles. The number of hydrogen-bond acceptors (Lipinski definition) is 3. The zero-order chi connectivity index (χ0) is 9.40. The van der Waals surface area contributed by atoms with Gasteiger partial charge in [-0.2, -0.15) is 0 Å². The molecule has 0 amide bonds. The molecule has 0 bridgehead atoms. The van der Waals surface area contributed by atoms with Crippen molar-refractivity contribution in [3.8, 4) is 0 Å². The predicted octanol–water partition coefficient (Wildman–Crippen LogP) is 1.34. The van der Waals surface area contributed by atoms with Crippen molar-refractivity contribution in [2.24, 2.45) is 0 Å². The van der Waals surface area contributed by atoms with Gasteiger partial charge in [-0.3, -0.25) is 0 Å². The van der Waals surface area contributed by atoms with Gasteiger partial charge in [0.1, 0.15) is 0 Å². The van der Waals surface area contributed by atoms with E-state index in [0.29, 0.717) is 5.73 Å². The topological polar surface area (TPSA) is 43.4 Å². The molecule has 0 aliphatic carbocycles. The summed E-state index contributed by atoms with van der Waals surface area (Å²) < 4.78 is 22.6. The van der Waals surface area contributed by atoms with E-state index in [1.54, 1.807) is 0 Å². The Hall–Kier alpha value is 0.491. The average Bonchev–Trinajstić information content (AvgIpc) is 2.07. The van der Waals surface area contributed by atoms with Crippen LogP contribution in [0, 0.1) is 0 Å². The fourth-order valence-corrected chi connectivity index (χ4v) is 2.71. The van der Waals surface area contributed by atoms with Crippen LogP contribution in [0.5, 0.6) is 0 Å². The molecule has 0 aromatic carbocycles. The van der Waals surface area contributed by atoms with Crippen LogP contribution in [0.25, 0.3) is 0 Å². The van der Waals surface area contributed by atoms with Crippen LogP contribution < -0.4 is 0 Å². The van der Waals surface area contributed by atoms with Gasteiger partial charge in [-0.1, -0.05) is 13.1 Å². The van der Waals surface area contributed by atoms with Crippen LogP contribution in [0.1, 0.15) is 19.3 Å². The molecule has 1 aliphatic rings. The van der Waals surface area contributed by atoms with Gasteiger partial charge < -0.3 is 4.74 Å². The second kappa shape index (κ2) is 8.11. The molecular weight excluding hydrogens is 208 g/mol. The Bertz CT molecular complexity index is 140. The van der Waals surface area contributed by atoms with E-state index in [-0.39, 0.29) is 0 Å². The van der Waals surface area contributed by atoms with Gasteiger partial charge in [0.05, 0.1) is 8.80 Å². The maximum atomic E-state index is 8.50. The summed E-state index contributed by atoms with van der Waals surface area (Å²) in [4.78, 5) is 0. The van der Waals surface area contributed by atoms with E-state index in [0.717, 1.165) is 6.61 Å². The summed E-state index contributed by atoms with van der Waals surface area (Å²) in [5.41, 5.74) is 0.693. The number of rotatable bonds is 1. The normalized spacial score (nSPS) is 22.4. The molecule has 0 aromatic heterocycles. The fraction of sp³-hybridized carbons (Fsp3) is 1.00. The Balaban J connectivity index is 0.000000354. The standard InChI is InChI=1S/C7H16OSi.2O.Ti/c1-9(2)7-5-3-4-6-8-7;;;/h7,9H,3-6H2,1-2H3;;;. The van der Waals surface area contributed by atoms with E-state index in [4.69, 9.17) is 11.4 Å². The summed E-state index contributed by atoms with van der Waals surface area (Å²) in [6.07, 6.45) is 4.03. The fourth-order valence-electron chi connectivity index (χ4n) is 1.29. The first-order valence-electron chi connectivity index (χ1n) is 4.33. The Morgan fingerprint density at radius 3 is 2.17 bits per heavy atom. The molecule has 3 nitrogen and oxygen atoms in total. The van der Waals surface area contributed by atoms with Crippen LogP contribution in [0.4, 0.5) is 0 Å². The van der Waals surface area contributed by atoms with E-state index < -0.39 is 27.9 Å². The van der Waals surface area contributed by atoms with Crippen molar-refractivity contribution in [1.82, 2.24) is 0 Å². The van der Waals surface area contributed by atoms with Gasteiger partial charge in [-0.15, -0.1) is 0 Å². The molecule has 1 atom stereocenters. The van der Waals surface area contributed by atoms with Gasteiger partial charge in [0.15, 0.2) is 0 Å². The summed E-state index contributed by atoms with van der Waals surface area (Å²) in [6, 6.07) is 0. The van der Waals surface area contributed by atoms with Gasteiger partial charge in [0, 0.05) is 12.3 Å². The first-order valence-corrected chi connectivity index (χ1v) is 8.58. The molecule has 70 valence electrons. The molecule has 12 heavy (non-hydrogen) atoms. The van der Waals surface area contributed by atoms with Crippen molar-refractivity contribution in [2.45, 2.75) is 38.1 Å². The van der Waals surface area contributed by atoms with Crippen molar-refractivity contribution >= 4 is 8.80 Å². The second-order valence-corrected chi connectivity index (χ2v) is 6.72. The minimum atomic E-state index is -2.00. The Labute approximate surface area is 84.1 Å². The van der Waals surface area contributed by atoms with Crippen LogP contribution in [-0.2, 0) is 30.5 Å². The minimum absolute atomic E-state index is 0.474. The van der Waals surface area contributed by atoms with E-state index in [1.807, 2.05) is 0 Å². The molecule has 1 aliphatic heterocycles. The quantitative estimate of drug-likeness (QED) is 0.631. The summed E-state index contributed by atoms with van der Waals surface area (Å²) in [7, 11) is -0.474. The SMILES string of the molecule is C[SiH](C)C1CCCCO1.[O]=[Ti]=[O]. The van der Waals surface area contributed by atoms with E-state index in [1.165, 1.54) is 19.3 Å². The van der Waals surface area contributed by atoms with Crippen molar-refractivity contribution < 1.29 is 30.5 Å². The van der Waals surface area contributed by atoms with Gasteiger partial charge in [-0.05, 0) is 19.3 Å². The molecular formula is C7H16O3SiTi. The predicted molar refractivity (Wildman–Crippen MR) is 43.8 cm³/mol. The van der Waals surface area contributed by atoms with Gasteiger partial charge in [0.25, 0.3) is 0 Å². The third-order valence-electron chi connectivity index (χ3n) is 1.96. The van der Waals surface area contributed by atoms with Crippen molar-refractivity contribution in [3.63, 3.8) is 0 Å². The molecule has 0 saturated carbocycles. The number of ether oxygens (including phenoxy) is 1. The summed E-state index contributed by atoms with van der Waals surface area (Å²) >= 11 is -2.00.